The van der Waals surface area contributed by atoms with Crippen LogP contribution in [0.2, 0.25) is 0 Å². The maximum absolute atomic E-state index is 12.4. The number of hydrazine groups is 1. The fourth-order valence-electron chi connectivity index (χ4n) is 2.80. The second-order valence-corrected chi connectivity index (χ2v) is 6.47. The molecule has 6 heteroatoms. The Morgan fingerprint density at radius 1 is 0.828 bits per heavy atom. The van der Waals surface area contributed by atoms with E-state index in [1.807, 2.05) is 36.4 Å². The van der Waals surface area contributed by atoms with Crippen molar-refractivity contribution in [1.29, 1.82) is 0 Å². The number of amides is 2. The monoisotopic (exact) mass is 392 g/mol. The molecule has 3 aromatic rings. The van der Waals surface area contributed by atoms with Crippen LogP contribution in [0.4, 0.5) is 0 Å². The van der Waals surface area contributed by atoms with Crippen LogP contribution in [0.3, 0.4) is 0 Å². The van der Waals surface area contributed by atoms with Crippen molar-refractivity contribution in [3.05, 3.63) is 72.3 Å². The lowest BCUT2D eigenvalue weighted by Crippen LogP contribution is -2.43. The average Bonchev–Trinajstić information content (AvgIpc) is 2.76. The van der Waals surface area contributed by atoms with E-state index >= 15 is 0 Å². The number of unbranched alkanes of at least 4 members (excludes halogenated alkanes) is 1. The molecule has 0 unspecified atom stereocenters. The van der Waals surface area contributed by atoms with Crippen molar-refractivity contribution in [2.24, 2.45) is 0 Å². The summed E-state index contributed by atoms with van der Waals surface area (Å²) in [6.45, 7) is 2.38. The van der Waals surface area contributed by atoms with Gasteiger partial charge in [-0.25, -0.2) is 0 Å². The highest BCUT2D eigenvalue weighted by Gasteiger charge is 2.13. The maximum atomic E-state index is 12.4. The van der Waals surface area contributed by atoms with Crippen LogP contribution in [0.1, 0.15) is 30.1 Å². The second kappa shape index (κ2) is 10.1. The van der Waals surface area contributed by atoms with E-state index in [1.54, 1.807) is 30.3 Å². The second-order valence-electron chi connectivity index (χ2n) is 6.47. The van der Waals surface area contributed by atoms with E-state index in [9.17, 15) is 9.59 Å². The standard InChI is InChI=1S/C23H24N2O4/c1-2-3-15-28-21-13-7-6-12-19(21)23(27)25-24-22(26)16-29-20-14-8-10-17-9-4-5-11-18(17)20/h4-14H,2-3,15-16H2,1H3,(H,24,26)(H,25,27). The van der Waals surface area contributed by atoms with Gasteiger partial charge in [-0.2, -0.15) is 0 Å². The molecular weight excluding hydrogens is 368 g/mol. The number of benzene rings is 3. The van der Waals surface area contributed by atoms with Crippen molar-refractivity contribution < 1.29 is 19.1 Å². The Morgan fingerprint density at radius 3 is 2.41 bits per heavy atom. The summed E-state index contributed by atoms with van der Waals surface area (Å²) in [6.07, 6.45) is 1.90. The number of ether oxygens (including phenoxy) is 2. The van der Waals surface area contributed by atoms with E-state index in [-0.39, 0.29) is 6.61 Å². The van der Waals surface area contributed by atoms with Gasteiger partial charge >= 0.3 is 0 Å². The molecule has 0 aliphatic heterocycles. The van der Waals surface area contributed by atoms with Gasteiger partial charge in [0.1, 0.15) is 11.5 Å². The number of carbonyl (C=O) groups excluding carboxylic acids is 2. The zero-order valence-electron chi connectivity index (χ0n) is 16.3. The highest BCUT2D eigenvalue weighted by molar-refractivity contribution is 5.98. The van der Waals surface area contributed by atoms with Gasteiger partial charge in [-0.15, -0.1) is 0 Å². The summed E-state index contributed by atoms with van der Waals surface area (Å²) in [5, 5.41) is 1.95. The lowest BCUT2D eigenvalue weighted by molar-refractivity contribution is -0.123. The quantitative estimate of drug-likeness (QED) is 0.451. The van der Waals surface area contributed by atoms with E-state index in [0.29, 0.717) is 23.7 Å². The zero-order chi connectivity index (χ0) is 20.5. The Hall–Kier alpha value is -3.54. The van der Waals surface area contributed by atoms with Crippen LogP contribution in [0, 0.1) is 0 Å². The highest BCUT2D eigenvalue weighted by Crippen LogP contribution is 2.25. The lowest BCUT2D eigenvalue weighted by atomic mass is 10.1. The van der Waals surface area contributed by atoms with Crippen LogP contribution >= 0.6 is 0 Å². The first-order chi connectivity index (χ1) is 14.2. The van der Waals surface area contributed by atoms with Gasteiger partial charge in [0, 0.05) is 5.39 Å². The first-order valence-electron chi connectivity index (χ1n) is 9.60. The first-order valence-corrected chi connectivity index (χ1v) is 9.60. The molecule has 0 aliphatic rings. The van der Waals surface area contributed by atoms with Gasteiger partial charge in [-0.1, -0.05) is 61.9 Å². The van der Waals surface area contributed by atoms with Crippen molar-refractivity contribution in [1.82, 2.24) is 10.9 Å². The highest BCUT2D eigenvalue weighted by atomic mass is 16.5. The van der Waals surface area contributed by atoms with Gasteiger partial charge in [0.25, 0.3) is 11.8 Å². The molecule has 0 aliphatic carbocycles. The number of fused-ring (bicyclic) bond motifs is 1. The molecule has 3 aromatic carbocycles. The van der Waals surface area contributed by atoms with Crippen molar-refractivity contribution in [3.63, 3.8) is 0 Å². The van der Waals surface area contributed by atoms with Crippen LogP contribution in [-0.4, -0.2) is 25.0 Å². The van der Waals surface area contributed by atoms with Gasteiger partial charge in [0.05, 0.1) is 12.2 Å². The van der Waals surface area contributed by atoms with E-state index in [0.717, 1.165) is 23.6 Å². The van der Waals surface area contributed by atoms with Gasteiger partial charge in [0.15, 0.2) is 6.61 Å². The molecule has 6 nitrogen and oxygen atoms in total. The number of nitrogens with one attached hydrogen (secondary N) is 2. The Kier molecular flexibility index (Phi) is 7.05. The zero-order valence-corrected chi connectivity index (χ0v) is 16.3. The summed E-state index contributed by atoms with van der Waals surface area (Å²) in [7, 11) is 0. The molecule has 29 heavy (non-hydrogen) atoms. The minimum atomic E-state index is -0.462. The predicted molar refractivity (Wildman–Crippen MR) is 112 cm³/mol. The van der Waals surface area contributed by atoms with Crippen LogP contribution in [-0.2, 0) is 4.79 Å². The van der Waals surface area contributed by atoms with Crippen molar-refractivity contribution in [2.75, 3.05) is 13.2 Å². The molecule has 0 saturated heterocycles. The van der Waals surface area contributed by atoms with E-state index in [4.69, 9.17) is 9.47 Å². The molecule has 0 fully saturated rings. The Morgan fingerprint density at radius 2 is 1.55 bits per heavy atom. The molecular formula is C23H24N2O4. The average molecular weight is 392 g/mol. The van der Waals surface area contributed by atoms with E-state index < -0.39 is 11.8 Å². The third kappa shape index (κ3) is 5.48. The predicted octanol–water partition coefficient (Wildman–Crippen LogP) is 3.86. The number of rotatable bonds is 8. The van der Waals surface area contributed by atoms with Gasteiger partial charge in [-0.3, -0.25) is 20.4 Å². The fourth-order valence-corrected chi connectivity index (χ4v) is 2.80. The summed E-state index contributed by atoms with van der Waals surface area (Å²) in [5.41, 5.74) is 5.14. The Bertz CT molecular complexity index is 982. The minimum Gasteiger partial charge on any atom is -0.493 e. The van der Waals surface area contributed by atoms with Crippen LogP contribution < -0.4 is 20.3 Å². The molecule has 0 bridgehead atoms. The third-order valence-corrected chi connectivity index (χ3v) is 4.31. The normalized spacial score (nSPS) is 10.4. The van der Waals surface area contributed by atoms with Gasteiger partial charge in [0.2, 0.25) is 0 Å². The van der Waals surface area contributed by atoms with Crippen molar-refractivity contribution in [2.45, 2.75) is 19.8 Å². The smallest absolute Gasteiger partial charge is 0.276 e. The molecule has 0 heterocycles. The van der Waals surface area contributed by atoms with E-state index in [1.165, 1.54) is 0 Å². The van der Waals surface area contributed by atoms with Crippen molar-refractivity contribution in [3.8, 4) is 11.5 Å². The number of hydrogen-bond donors (Lipinski definition) is 2. The molecule has 0 spiro atoms. The largest absolute Gasteiger partial charge is 0.493 e. The molecule has 2 N–H and O–H groups in total. The summed E-state index contributed by atoms with van der Waals surface area (Å²) in [6, 6.07) is 20.3. The SMILES string of the molecule is CCCCOc1ccccc1C(=O)NNC(=O)COc1cccc2ccccc12. The number of hydrogen-bond acceptors (Lipinski definition) is 4. The summed E-state index contributed by atoms with van der Waals surface area (Å²) < 4.78 is 11.3. The first kappa shape index (κ1) is 20.2. The van der Waals surface area contributed by atoms with E-state index in [2.05, 4.69) is 17.8 Å². The molecule has 3 rings (SSSR count). The summed E-state index contributed by atoms with van der Waals surface area (Å²) >= 11 is 0. The Labute approximate surface area is 169 Å². The summed E-state index contributed by atoms with van der Waals surface area (Å²) in [5.74, 6) is 0.185. The topological polar surface area (TPSA) is 76.7 Å². The molecule has 2 amide bonds. The van der Waals surface area contributed by atoms with Crippen molar-refractivity contribution >= 4 is 22.6 Å². The number of carbonyl (C=O) groups is 2. The minimum absolute atomic E-state index is 0.219. The third-order valence-electron chi connectivity index (χ3n) is 4.31. The number of para-hydroxylation sites is 1. The fraction of sp³-hybridized carbons (Fsp3) is 0.217. The van der Waals surface area contributed by atoms with Crippen LogP contribution in [0.25, 0.3) is 10.8 Å². The van der Waals surface area contributed by atoms with Crippen LogP contribution in [0.15, 0.2) is 66.7 Å². The molecule has 0 aromatic heterocycles. The van der Waals surface area contributed by atoms with Gasteiger partial charge < -0.3 is 9.47 Å². The Balaban J connectivity index is 1.54. The maximum Gasteiger partial charge on any atom is 0.276 e. The molecule has 0 radical (unpaired) electrons. The molecule has 0 saturated carbocycles. The van der Waals surface area contributed by atoms with Crippen LogP contribution in [0.5, 0.6) is 11.5 Å². The van der Waals surface area contributed by atoms with Gasteiger partial charge in [-0.05, 0) is 30.0 Å². The lowest BCUT2D eigenvalue weighted by Gasteiger charge is -2.13. The molecule has 150 valence electrons. The summed E-state index contributed by atoms with van der Waals surface area (Å²) in [4.78, 5) is 24.5. The molecule has 0 atom stereocenters.